The number of rotatable bonds is 3. The van der Waals surface area contributed by atoms with Gasteiger partial charge in [0.25, 0.3) is 5.82 Å². The Hall–Kier alpha value is -2.53. The normalized spacial score (nSPS) is 12.6. The standard InChI is InChI=1S/C22H21N2O2.BrH/c1-14(2)24-15(3)23(13-16-9-5-4-6-10-16)19-20(24)22(26)18-12-8-7-11-17(18)21(19)25;/h4-12,14H,13H2,1-3H3;1H/q+1;/p-1. The minimum absolute atomic E-state index is 0. The molecule has 0 spiro atoms. The molecule has 0 saturated carbocycles. The van der Waals surface area contributed by atoms with Crippen molar-refractivity contribution in [2.24, 2.45) is 0 Å². The number of nitrogens with zero attached hydrogens (tertiary/aromatic N) is 2. The Bertz CT molecular complexity index is 1040. The van der Waals surface area contributed by atoms with E-state index in [1.807, 2.05) is 72.4 Å². The van der Waals surface area contributed by atoms with E-state index in [0.717, 1.165) is 11.4 Å². The Morgan fingerprint density at radius 3 is 2.04 bits per heavy atom. The van der Waals surface area contributed by atoms with E-state index < -0.39 is 0 Å². The number of halogens is 1. The van der Waals surface area contributed by atoms with Crippen molar-refractivity contribution in [3.8, 4) is 0 Å². The average Bonchev–Trinajstić information content (AvgIpc) is 2.94. The molecular weight excluding hydrogens is 404 g/mol. The number of benzene rings is 2. The number of fused-ring (bicyclic) bond motifs is 2. The predicted octanol–water partition coefficient (Wildman–Crippen LogP) is 0.493. The van der Waals surface area contributed by atoms with Crippen molar-refractivity contribution in [1.29, 1.82) is 0 Å². The minimum atomic E-state index is -0.0753. The lowest BCUT2D eigenvalue weighted by Crippen LogP contribution is -3.00. The van der Waals surface area contributed by atoms with E-state index >= 15 is 0 Å². The van der Waals surface area contributed by atoms with Crippen molar-refractivity contribution < 1.29 is 31.1 Å². The highest BCUT2D eigenvalue weighted by atomic mass is 79.9. The summed E-state index contributed by atoms with van der Waals surface area (Å²) in [5, 5.41) is 0. The fourth-order valence-corrected chi connectivity index (χ4v) is 3.87. The highest BCUT2D eigenvalue weighted by molar-refractivity contribution is 6.26. The first-order valence-corrected chi connectivity index (χ1v) is 8.87. The molecule has 2 aromatic carbocycles. The summed E-state index contributed by atoms with van der Waals surface area (Å²) in [4.78, 5) is 26.5. The van der Waals surface area contributed by atoms with E-state index in [9.17, 15) is 9.59 Å². The minimum Gasteiger partial charge on any atom is -1.00 e. The summed E-state index contributed by atoms with van der Waals surface area (Å²) in [5.74, 6) is 0.774. The lowest BCUT2D eigenvalue weighted by Gasteiger charge is -2.13. The van der Waals surface area contributed by atoms with Crippen LogP contribution in [0.1, 0.15) is 63.4 Å². The predicted molar refractivity (Wildman–Crippen MR) is 98.6 cm³/mol. The number of carbonyl (C=O) groups is 2. The highest BCUT2D eigenvalue weighted by Crippen LogP contribution is 2.28. The Morgan fingerprint density at radius 1 is 0.889 bits per heavy atom. The molecule has 1 heterocycles. The van der Waals surface area contributed by atoms with Gasteiger partial charge in [0.05, 0.1) is 6.04 Å². The van der Waals surface area contributed by atoms with Gasteiger partial charge < -0.3 is 17.0 Å². The maximum absolute atomic E-state index is 13.3. The second-order valence-electron chi connectivity index (χ2n) is 6.98. The molecule has 4 nitrogen and oxygen atoms in total. The van der Waals surface area contributed by atoms with Gasteiger partial charge in [-0.1, -0.05) is 54.6 Å². The number of hydrogen-bond acceptors (Lipinski definition) is 2. The molecule has 1 aliphatic rings. The fraction of sp³-hybridized carbons (Fsp3) is 0.227. The van der Waals surface area contributed by atoms with Crippen molar-refractivity contribution in [2.75, 3.05) is 0 Å². The van der Waals surface area contributed by atoms with E-state index in [1.54, 1.807) is 12.1 Å². The number of aromatic nitrogens is 2. The number of carbonyl (C=O) groups excluding carboxylic acids is 2. The van der Waals surface area contributed by atoms with Crippen LogP contribution in [-0.4, -0.2) is 16.1 Å². The van der Waals surface area contributed by atoms with Crippen LogP contribution in [0.25, 0.3) is 0 Å². The van der Waals surface area contributed by atoms with Crippen molar-refractivity contribution >= 4 is 11.6 Å². The first-order chi connectivity index (χ1) is 12.5. The number of ketones is 2. The molecule has 0 fully saturated rings. The molecular formula is C22H21BrN2O2. The Kier molecular flexibility index (Phi) is 5.16. The SMILES string of the molecule is Cc1n(Cc2ccccc2)c2c([n+]1C(C)C)C(=O)c1ccccc1C2=O.[Br-]. The molecule has 27 heavy (non-hydrogen) atoms. The monoisotopic (exact) mass is 424 g/mol. The molecule has 0 saturated heterocycles. The summed E-state index contributed by atoms with van der Waals surface area (Å²) in [6.45, 7) is 6.62. The fourth-order valence-electron chi connectivity index (χ4n) is 3.87. The Balaban J connectivity index is 0.00000210. The number of hydrogen-bond donors (Lipinski definition) is 0. The first kappa shape index (κ1) is 19.2. The maximum Gasteiger partial charge on any atom is 0.254 e. The van der Waals surface area contributed by atoms with Crippen molar-refractivity contribution in [3.05, 3.63) is 88.5 Å². The molecule has 1 aromatic heterocycles. The zero-order valence-electron chi connectivity index (χ0n) is 15.6. The third-order valence-electron chi connectivity index (χ3n) is 5.02. The molecule has 0 unspecified atom stereocenters. The lowest BCUT2D eigenvalue weighted by atomic mass is 9.89. The molecule has 3 aromatic rings. The van der Waals surface area contributed by atoms with Gasteiger partial charge in [-0.25, -0.2) is 9.13 Å². The maximum atomic E-state index is 13.3. The number of imidazole rings is 1. The summed E-state index contributed by atoms with van der Waals surface area (Å²) in [6, 6.07) is 17.2. The molecule has 0 aliphatic heterocycles. The highest BCUT2D eigenvalue weighted by Gasteiger charge is 2.43. The van der Waals surface area contributed by atoms with Crippen molar-refractivity contribution in [2.45, 2.75) is 33.4 Å². The van der Waals surface area contributed by atoms with Crippen LogP contribution >= 0.6 is 0 Å². The van der Waals surface area contributed by atoms with Crippen LogP contribution < -0.4 is 21.5 Å². The molecule has 0 atom stereocenters. The van der Waals surface area contributed by atoms with Crippen LogP contribution in [0.3, 0.4) is 0 Å². The van der Waals surface area contributed by atoms with Gasteiger partial charge in [-0.15, -0.1) is 0 Å². The van der Waals surface area contributed by atoms with E-state index in [4.69, 9.17) is 0 Å². The van der Waals surface area contributed by atoms with E-state index in [2.05, 4.69) is 0 Å². The lowest BCUT2D eigenvalue weighted by molar-refractivity contribution is -0.722. The van der Waals surface area contributed by atoms with Gasteiger partial charge in [-0.05, 0) is 19.4 Å². The largest absolute Gasteiger partial charge is 1.00 e. The van der Waals surface area contributed by atoms with E-state index in [0.29, 0.717) is 29.1 Å². The van der Waals surface area contributed by atoms with Crippen LogP contribution in [0, 0.1) is 6.92 Å². The molecule has 0 N–H and O–H groups in total. The van der Waals surface area contributed by atoms with Crippen molar-refractivity contribution in [1.82, 2.24) is 4.57 Å². The van der Waals surface area contributed by atoms with Crippen LogP contribution in [0.5, 0.6) is 0 Å². The van der Waals surface area contributed by atoms with Crippen molar-refractivity contribution in [3.63, 3.8) is 0 Å². The summed E-state index contributed by atoms with van der Waals surface area (Å²) in [5.41, 5.74) is 3.10. The molecule has 0 radical (unpaired) electrons. The van der Waals surface area contributed by atoms with Crippen LogP contribution in [0.15, 0.2) is 54.6 Å². The third kappa shape index (κ3) is 2.96. The Labute approximate surface area is 169 Å². The third-order valence-corrected chi connectivity index (χ3v) is 5.02. The molecule has 0 amide bonds. The van der Waals surface area contributed by atoms with Crippen LogP contribution in [-0.2, 0) is 6.54 Å². The first-order valence-electron chi connectivity index (χ1n) is 8.87. The molecule has 4 rings (SSSR count). The molecule has 0 bridgehead atoms. The molecule has 138 valence electrons. The van der Waals surface area contributed by atoms with Gasteiger partial charge >= 0.3 is 0 Å². The van der Waals surface area contributed by atoms with Gasteiger partial charge in [-0.2, -0.15) is 0 Å². The Morgan fingerprint density at radius 2 is 1.44 bits per heavy atom. The van der Waals surface area contributed by atoms with E-state index in [-0.39, 0.29) is 34.6 Å². The van der Waals surface area contributed by atoms with Crippen LogP contribution in [0.4, 0.5) is 0 Å². The molecule has 1 aliphatic carbocycles. The zero-order chi connectivity index (χ0) is 18.4. The van der Waals surface area contributed by atoms with Gasteiger partial charge in [0, 0.05) is 18.1 Å². The summed E-state index contributed by atoms with van der Waals surface area (Å²) >= 11 is 0. The summed E-state index contributed by atoms with van der Waals surface area (Å²) < 4.78 is 3.98. The van der Waals surface area contributed by atoms with Crippen LogP contribution in [0.2, 0.25) is 0 Å². The topological polar surface area (TPSA) is 43.0 Å². The van der Waals surface area contributed by atoms with E-state index in [1.165, 1.54) is 0 Å². The zero-order valence-corrected chi connectivity index (χ0v) is 17.2. The quantitative estimate of drug-likeness (QED) is 0.449. The summed E-state index contributed by atoms with van der Waals surface area (Å²) in [7, 11) is 0. The summed E-state index contributed by atoms with van der Waals surface area (Å²) in [6.07, 6.45) is 0. The van der Waals surface area contributed by atoms with Gasteiger partial charge in [0.2, 0.25) is 23.0 Å². The van der Waals surface area contributed by atoms with Gasteiger partial charge in [0.15, 0.2) is 0 Å². The second kappa shape index (κ2) is 7.24. The average molecular weight is 425 g/mol. The van der Waals surface area contributed by atoms with Gasteiger partial charge in [-0.3, -0.25) is 9.59 Å². The smallest absolute Gasteiger partial charge is 0.254 e. The molecule has 5 heteroatoms. The van der Waals surface area contributed by atoms with Gasteiger partial charge in [0.1, 0.15) is 6.54 Å². The second-order valence-corrected chi connectivity index (χ2v) is 6.98.